The molecule has 0 aliphatic rings. The molecule has 22 heavy (non-hydrogen) atoms. The summed E-state index contributed by atoms with van der Waals surface area (Å²) in [5.74, 6) is -1.84. The standard InChI is InChI=1S/C13H7ClF4O3S/c14-10-6-5-8(15)7-12(10)22(19,20)21-11-4-2-1-3-9(11)13(16,17)18/h1-7H. The van der Waals surface area contributed by atoms with E-state index in [4.69, 9.17) is 11.6 Å². The molecule has 0 amide bonds. The van der Waals surface area contributed by atoms with Crippen molar-refractivity contribution in [3.63, 3.8) is 0 Å². The Morgan fingerprint density at radius 3 is 2.32 bits per heavy atom. The highest BCUT2D eigenvalue weighted by molar-refractivity contribution is 7.87. The third-order valence-electron chi connectivity index (χ3n) is 2.55. The first-order chi connectivity index (χ1) is 10.1. The summed E-state index contributed by atoms with van der Waals surface area (Å²) >= 11 is 5.63. The number of halogens is 5. The molecule has 0 spiro atoms. The predicted octanol–water partition coefficient (Wildman–Crippen LogP) is 4.27. The van der Waals surface area contributed by atoms with Crippen molar-refractivity contribution in [1.82, 2.24) is 0 Å². The van der Waals surface area contributed by atoms with Crippen molar-refractivity contribution in [2.45, 2.75) is 11.1 Å². The number of hydrogen-bond acceptors (Lipinski definition) is 3. The van der Waals surface area contributed by atoms with Gasteiger partial charge in [0.2, 0.25) is 0 Å². The first kappa shape index (κ1) is 16.6. The van der Waals surface area contributed by atoms with Crippen LogP contribution >= 0.6 is 11.6 Å². The SMILES string of the molecule is O=S(=O)(Oc1ccccc1C(F)(F)F)c1cc(F)ccc1Cl. The van der Waals surface area contributed by atoms with E-state index in [1.54, 1.807) is 0 Å². The summed E-state index contributed by atoms with van der Waals surface area (Å²) in [5.41, 5.74) is -1.27. The number of hydrogen-bond donors (Lipinski definition) is 0. The quantitative estimate of drug-likeness (QED) is 0.611. The number of benzene rings is 2. The van der Waals surface area contributed by atoms with Crippen molar-refractivity contribution < 1.29 is 30.2 Å². The maximum absolute atomic E-state index is 13.1. The van der Waals surface area contributed by atoms with Gasteiger partial charge in [-0.05, 0) is 30.3 Å². The molecule has 0 aromatic heterocycles. The van der Waals surface area contributed by atoms with E-state index in [1.807, 2.05) is 0 Å². The minimum Gasteiger partial charge on any atom is -0.378 e. The lowest BCUT2D eigenvalue weighted by molar-refractivity contribution is -0.138. The zero-order chi connectivity index (χ0) is 16.5. The molecule has 0 N–H and O–H groups in total. The van der Waals surface area contributed by atoms with Crippen LogP contribution in [0.5, 0.6) is 5.75 Å². The molecule has 2 aromatic carbocycles. The summed E-state index contributed by atoms with van der Waals surface area (Å²) in [6, 6.07) is 6.19. The fourth-order valence-electron chi connectivity index (χ4n) is 1.61. The van der Waals surface area contributed by atoms with Gasteiger partial charge >= 0.3 is 16.3 Å². The molecule has 0 heterocycles. The van der Waals surface area contributed by atoms with Crippen LogP contribution < -0.4 is 4.18 Å². The molecule has 0 radical (unpaired) electrons. The summed E-state index contributed by atoms with van der Waals surface area (Å²) < 4.78 is 80.1. The van der Waals surface area contributed by atoms with Crippen molar-refractivity contribution in [3.05, 3.63) is 58.9 Å². The minimum atomic E-state index is -4.81. The minimum absolute atomic E-state index is 0.370. The number of para-hydroxylation sites is 1. The van der Waals surface area contributed by atoms with Crippen molar-refractivity contribution in [3.8, 4) is 5.75 Å². The topological polar surface area (TPSA) is 43.4 Å². The van der Waals surface area contributed by atoms with E-state index >= 15 is 0 Å². The molecule has 0 atom stereocenters. The Bertz CT molecular complexity index is 803. The van der Waals surface area contributed by atoms with Gasteiger partial charge in [-0.25, -0.2) is 4.39 Å². The molecule has 0 aliphatic heterocycles. The number of rotatable bonds is 3. The van der Waals surface area contributed by atoms with Gasteiger partial charge in [-0.1, -0.05) is 23.7 Å². The molecule has 0 saturated carbocycles. The van der Waals surface area contributed by atoms with E-state index in [0.717, 1.165) is 24.3 Å². The Labute approximate surface area is 128 Å². The highest BCUT2D eigenvalue weighted by atomic mass is 35.5. The Kier molecular flexibility index (Phi) is 4.35. The third kappa shape index (κ3) is 3.50. The molecular formula is C13H7ClF4O3S. The zero-order valence-electron chi connectivity index (χ0n) is 10.6. The van der Waals surface area contributed by atoms with Crippen molar-refractivity contribution in [2.75, 3.05) is 0 Å². The van der Waals surface area contributed by atoms with Crippen LogP contribution in [0, 0.1) is 5.82 Å². The molecular weight excluding hydrogens is 348 g/mol. The highest BCUT2D eigenvalue weighted by Crippen LogP contribution is 2.37. The van der Waals surface area contributed by atoms with Crippen LogP contribution in [0.3, 0.4) is 0 Å². The van der Waals surface area contributed by atoms with Crippen LogP contribution in [0.2, 0.25) is 5.02 Å². The van der Waals surface area contributed by atoms with E-state index in [0.29, 0.717) is 12.1 Å². The van der Waals surface area contributed by atoms with Gasteiger partial charge in [0.1, 0.15) is 10.7 Å². The van der Waals surface area contributed by atoms with Gasteiger partial charge < -0.3 is 4.18 Å². The number of alkyl halides is 3. The van der Waals surface area contributed by atoms with Crippen LogP contribution in [-0.2, 0) is 16.3 Å². The highest BCUT2D eigenvalue weighted by Gasteiger charge is 2.35. The first-order valence-corrected chi connectivity index (χ1v) is 7.45. The van der Waals surface area contributed by atoms with E-state index in [9.17, 15) is 26.0 Å². The summed E-state index contributed by atoms with van der Waals surface area (Å²) in [6.07, 6.45) is -4.81. The Balaban J connectivity index is 2.49. The molecule has 0 bridgehead atoms. The Morgan fingerprint density at radius 1 is 1.05 bits per heavy atom. The maximum atomic E-state index is 13.1. The maximum Gasteiger partial charge on any atom is 0.420 e. The van der Waals surface area contributed by atoms with Crippen molar-refractivity contribution >= 4 is 21.7 Å². The monoisotopic (exact) mass is 354 g/mol. The molecule has 0 fully saturated rings. The molecule has 0 aliphatic carbocycles. The summed E-state index contributed by atoms with van der Waals surface area (Å²) in [6.45, 7) is 0. The Hall–Kier alpha value is -1.80. The van der Waals surface area contributed by atoms with Crippen LogP contribution in [0.4, 0.5) is 17.6 Å². The average Bonchev–Trinajstić information content (AvgIpc) is 2.40. The molecule has 2 rings (SSSR count). The van der Waals surface area contributed by atoms with E-state index in [1.165, 1.54) is 6.07 Å². The lowest BCUT2D eigenvalue weighted by Crippen LogP contribution is -2.15. The lowest BCUT2D eigenvalue weighted by Gasteiger charge is -2.14. The zero-order valence-corrected chi connectivity index (χ0v) is 12.1. The van der Waals surface area contributed by atoms with Crippen LogP contribution in [-0.4, -0.2) is 8.42 Å². The lowest BCUT2D eigenvalue weighted by atomic mass is 10.2. The second-order valence-electron chi connectivity index (χ2n) is 4.11. The molecule has 118 valence electrons. The molecule has 0 unspecified atom stereocenters. The fraction of sp³-hybridized carbons (Fsp3) is 0.0769. The van der Waals surface area contributed by atoms with Gasteiger partial charge in [0.25, 0.3) is 0 Å². The fourth-order valence-corrected chi connectivity index (χ4v) is 3.04. The third-order valence-corrected chi connectivity index (χ3v) is 4.27. The van der Waals surface area contributed by atoms with Crippen LogP contribution in [0.25, 0.3) is 0 Å². The molecule has 9 heteroatoms. The Morgan fingerprint density at radius 2 is 1.68 bits per heavy atom. The van der Waals surface area contributed by atoms with Gasteiger partial charge in [0, 0.05) is 0 Å². The van der Waals surface area contributed by atoms with Crippen molar-refractivity contribution in [1.29, 1.82) is 0 Å². The molecule has 3 nitrogen and oxygen atoms in total. The normalized spacial score (nSPS) is 12.2. The molecule has 2 aromatic rings. The van der Waals surface area contributed by atoms with Gasteiger partial charge in [-0.15, -0.1) is 0 Å². The summed E-state index contributed by atoms with van der Waals surface area (Å²) in [7, 11) is -4.72. The van der Waals surface area contributed by atoms with Gasteiger partial charge in [0.15, 0.2) is 5.75 Å². The predicted molar refractivity (Wildman–Crippen MR) is 70.7 cm³/mol. The van der Waals surface area contributed by atoms with E-state index < -0.39 is 38.3 Å². The summed E-state index contributed by atoms with van der Waals surface area (Å²) in [4.78, 5) is -0.758. The van der Waals surface area contributed by atoms with Crippen molar-refractivity contribution in [2.24, 2.45) is 0 Å². The average molecular weight is 355 g/mol. The van der Waals surface area contributed by atoms with Gasteiger partial charge in [-0.2, -0.15) is 21.6 Å². The summed E-state index contributed by atoms with van der Waals surface area (Å²) in [5, 5.41) is -0.370. The van der Waals surface area contributed by atoms with E-state index in [-0.39, 0.29) is 5.02 Å². The molecule has 0 saturated heterocycles. The van der Waals surface area contributed by atoms with Gasteiger partial charge in [-0.3, -0.25) is 0 Å². The van der Waals surface area contributed by atoms with E-state index in [2.05, 4.69) is 4.18 Å². The largest absolute Gasteiger partial charge is 0.420 e. The van der Waals surface area contributed by atoms with Gasteiger partial charge in [0.05, 0.1) is 10.6 Å². The second-order valence-corrected chi connectivity index (χ2v) is 6.03. The van der Waals surface area contributed by atoms with Crippen LogP contribution in [0.15, 0.2) is 47.4 Å². The second kappa shape index (κ2) is 5.77. The first-order valence-electron chi connectivity index (χ1n) is 5.67. The van der Waals surface area contributed by atoms with Crippen LogP contribution in [0.1, 0.15) is 5.56 Å². The smallest absolute Gasteiger partial charge is 0.378 e.